The molecule has 166 valence electrons. The summed E-state index contributed by atoms with van der Waals surface area (Å²) in [5, 5.41) is 4.00. The molecule has 9 heteroatoms. The second-order valence-corrected chi connectivity index (χ2v) is 8.31. The lowest BCUT2D eigenvalue weighted by Gasteiger charge is -2.23. The number of carbonyl (C=O) groups is 2. The van der Waals surface area contributed by atoms with E-state index in [0.29, 0.717) is 35.5 Å². The summed E-state index contributed by atoms with van der Waals surface area (Å²) in [4.78, 5) is 35.1. The molecule has 1 saturated heterocycles. The highest BCUT2D eigenvalue weighted by Crippen LogP contribution is 2.30. The number of benzene rings is 1. The van der Waals surface area contributed by atoms with Crippen molar-refractivity contribution in [3.63, 3.8) is 0 Å². The van der Waals surface area contributed by atoms with Gasteiger partial charge in [-0.25, -0.2) is 14.8 Å². The van der Waals surface area contributed by atoms with Crippen molar-refractivity contribution in [3.05, 3.63) is 52.3 Å². The number of aromatic nitrogens is 2. The number of rotatable bonds is 9. The van der Waals surface area contributed by atoms with Crippen molar-refractivity contribution >= 4 is 41.0 Å². The summed E-state index contributed by atoms with van der Waals surface area (Å²) in [5.41, 5.74) is 0.940. The van der Waals surface area contributed by atoms with Gasteiger partial charge >= 0.3 is 5.97 Å². The lowest BCUT2D eigenvalue weighted by atomic mass is 9.94. The van der Waals surface area contributed by atoms with Crippen LogP contribution in [-0.2, 0) is 14.3 Å². The van der Waals surface area contributed by atoms with Crippen LogP contribution < -0.4 is 10.2 Å². The van der Waals surface area contributed by atoms with Crippen LogP contribution in [0.5, 0.6) is 0 Å². The highest BCUT2D eigenvalue weighted by atomic mass is 35.5. The molecule has 0 radical (unpaired) electrons. The molecule has 2 aromatic rings. The standard InChI is InChI=1S/C22H26Cl2N4O3/c1-2-5-15(17-8-7-16(23)12-18(17)24)13-27-20(29)14-31-21(30)19-6-3-11-28(19)22-25-9-4-10-26-22/h4,7-10,12,15,19H,2-3,5-6,11,13-14H2,1H3,(H,27,29)/t15-,19+/m0/s1. The maximum absolute atomic E-state index is 12.5. The van der Waals surface area contributed by atoms with Gasteiger partial charge in [0, 0.05) is 41.4 Å². The maximum atomic E-state index is 12.5. The van der Waals surface area contributed by atoms with Crippen LogP contribution in [0.1, 0.15) is 44.1 Å². The van der Waals surface area contributed by atoms with Gasteiger partial charge in [-0.2, -0.15) is 0 Å². The van der Waals surface area contributed by atoms with E-state index in [2.05, 4.69) is 22.2 Å². The molecule has 1 aromatic heterocycles. The molecular weight excluding hydrogens is 439 g/mol. The predicted octanol–water partition coefficient (Wildman–Crippen LogP) is 4.00. The highest BCUT2D eigenvalue weighted by molar-refractivity contribution is 6.35. The Kier molecular flexibility index (Phi) is 8.49. The van der Waals surface area contributed by atoms with Crippen molar-refractivity contribution in [3.8, 4) is 0 Å². The molecule has 2 heterocycles. The molecule has 1 amide bonds. The van der Waals surface area contributed by atoms with E-state index in [4.69, 9.17) is 27.9 Å². The molecule has 2 atom stereocenters. The van der Waals surface area contributed by atoms with E-state index in [1.54, 1.807) is 30.6 Å². The summed E-state index contributed by atoms with van der Waals surface area (Å²) < 4.78 is 5.29. The number of nitrogens with zero attached hydrogens (tertiary/aromatic N) is 3. The van der Waals surface area contributed by atoms with Crippen molar-refractivity contribution in [2.24, 2.45) is 0 Å². The third-order valence-electron chi connectivity index (χ3n) is 5.26. The first-order chi connectivity index (χ1) is 15.0. The Hall–Kier alpha value is -2.38. The molecule has 1 N–H and O–H groups in total. The van der Waals surface area contributed by atoms with Crippen LogP contribution in [0, 0.1) is 0 Å². The molecule has 1 aromatic carbocycles. The Balaban J connectivity index is 1.51. The number of carbonyl (C=O) groups excluding carboxylic acids is 2. The number of anilines is 1. The zero-order valence-electron chi connectivity index (χ0n) is 17.4. The minimum atomic E-state index is -0.476. The molecule has 0 bridgehead atoms. The first-order valence-corrected chi connectivity index (χ1v) is 11.2. The van der Waals surface area contributed by atoms with Crippen LogP contribution in [0.25, 0.3) is 0 Å². The molecule has 3 rings (SSSR count). The van der Waals surface area contributed by atoms with Crippen LogP contribution in [0.15, 0.2) is 36.7 Å². The molecule has 1 fully saturated rings. The van der Waals surface area contributed by atoms with E-state index < -0.39 is 12.0 Å². The van der Waals surface area contributed by atoms with E-state index >= 15 is 0 Å². The summed E-state index contributed by atoms with van der Waals surface area (Å²) in [5.74, 6) is -0.241. The van der Waals surface area contributed by atoms with Crippen molar-refractivity contribution in [2.45, 2.75) is 44.6 Å². The summed E-state index contributed by atoms with van der Waals surface area (Å²) in [7, 11) is 0. The lowest BCUT2D eigenvalue weighted by molar-refractivity contribution is -0.149. The topological polar surface area (TPSA) is 84.4 Å². The molecule has 1 aliphatic rings. The molecule has 0 aliphatic carbocycles. The number of hydrogen-bond donors (Lipinski definition) is 1. The van der Waals surface area contributed by atoms with Crippen LogP contribution in [0.4, 0.5) is 5.95 Å². The van der Waals surface area contributed by atoms with Crippen molar-refractivity contribution in [2.75, 3.05) is 24.6 Å². The third-order valence-corrected chi connectivity index (χ3v) is 5.83. The smallest absolute Gasteiger partial charge is 0.329 e. The zero-order chi connectivity index (χ0) is 22.2. The van der Waals surface area contributed by atoms with Crippen LogP contribution in [0.2, 0.25) is 10.0 Å². The average Bonchev–Trinajstić information content (AvgIpc) is 3.26. The second kappa shape index (κ2) is 11.3. The summed E-state index contributed by atoms with van der Waals surface area (Å²) in [6.45, 7) is 2.83. The fraction of sp³-hybridized carbons (Fsp3) is 0.455. The van der Waals surface area contributed by atoms with E-state index in [9.17, 15) is 9.59 Å². The fourth-order valence-electron chi connectivity index (χ4n) is 3.76. The molecule has 1 aliphatic heterocycles. The third kappa shape index (κ3) is 6.31. The first-order valence-electron chi connectivity index (χ1n) is 10.4. The van der Waals surface area contributed by atoms with Crippen LogP contribution in [0.3, 0.4) is 0 Å². The predicted molar refractivity (Wildman–Crippen MR) is 120 cm³/mol. The summed E-state index contributed by atoms with van der Waals surface area (Å²) >= 11 is 12.3. The van der Waals surface area contributed by atoms with Crippen molar-refractivity contribution < 1.29 is 14.3 Å². The van der Waals surface area contributed by atoms with E-state index in [-0.39, 0.29) is 18.4 Å². The highest BCUT2D eigenvalue weighted by Gasteiger charge is 2.33. The number of hydrogen-bond acceptors (Lipinski definition) is 6. The molecule has 0 saturated carbocycles. The van der Waals surface area contributed by atoms with Gasteiger partial charge in [-0.05, 0) is 43.0 Å². The Labute approximate surface area is 192 Å². The summed E-state index contributed by atoms with van der Waals surface area (Å²) in [6.07, 6.45) is 6.55. The molecule has 0 spiro atoms. The normalized spacial score (nSPS) is 16.7. The monoisotopic (exact) mass is 464 g/mol. The number of amides is 1. The molecule has 7 nitrogen and oxygen atoms in total. The SMILES string of the molecule is CCC[C@@H](CNC(=O)COC(=O)[C@H]1CCCN1c1ncccn1)c1ccc(Cl)cc1Cl. The van der Waals surface area contributed by atoms with Gasteiger partial charge in [0.15, 0.2) is 6.61 Å². The minimum absolute atomic E-state index is 0.0509. The zero-order valence-corrected chi connectivity index (χ0v) is 18.9. The van der Waals surface area contributed by atoms with Crippen molar-refractivity contribution in [1.29, 1.82) is 0 Å². The number of halogens is 2. The fourth-order valence-corrected chi connectivity index (χ4v) is 4.32. The van der Waals surface area contributed by atoms with Gasteiger partial charge in [0.25, 0.3) is 5.91 Å². The lowest BCUT2D eigenvalue weighted by Crippen LogP contribution is -2.40. The van der Waals surface area contributed by atoms with Gasteiger partial charge in [0.1, 0.15) is 6.04 Å². The van der Waals surface area contributed by atoms with Gasteiger partial charge in [-0.1, -0.05) is 42.6 Å². The largest absolute Gasteiger partial charge is 0.454 e. The second-order valence-electron chi connectivity index (χ2n) is 7.46. The quantitative estimate of drug-likeness (QED) is 0.564. The van der Waals surface area contributed by atoms with Crippen LogP contribution in [-0.4, -0.2) is 47.6 Å². The molecule has 31 heavy (non-hydrogen) atoms. The molecular formula is C22H26Cl2N4O3. The average molecular weight is 465 g/mol. The molecule has 0 unspecified atom stereocenters. The van der Waals surface area contributed by atoms with Gasteiger partial charge < -0.3 is 15.0 Å². The Bertz CT molecular complexity index is 898. The van der Waals surface area contributed by atoms with E-state index in [1.807, 2.05) is 11.0 Å². The number of esters is 1. The summed E-state index contributed by atoms with van der Waals surface area (Å²) in [6, 6.07) is 6.63. The van der Waals surface area contributed by atoms with Gasteiger partial charge in [-0.15, -0.1) is 0 Å². The van der Waals surface area contributed by atoms with E-state index in [1.165, 1.54) is 0 Å². The van der Waals surface area contributed by atoms with Crippen LogP contribution >= 0.6 is 23.2 Å². The first kappa shape index (κ1) is 23.3. The number of nitrogens with one attached hydrogen (secondary N) is 1. The van der Waals surface area contributed by atoms with Gasteiger partial charge in [0.2, 0.25) is 5.95 Å². The Morgan fingerprint density at radius 3 is 2.77 bits per heavy atom. The van der Waals surface area contributed by atoms with Gasteiger partial charge in [0.05, 0.1) is 0 Å². The minimum Gasteiger partial charge on any atom is -0.454 e. The Morgan fingerprint density at radius 2 is 2.06 bits per heavy atom. The number of ether oxygens (including phenoxy) is 1. The Morgan fingerprint density at radius 1 is 1.29 bits per heavy atom. The van der Waals surface area contributed by atoms with E-state index in [0.717, 1.165) is 24.8 Å². The van der Waals surface area contributed by atoms with Gasteiger partial charge in [-0.3, -0.25) is 4.79 Å². The van der Waals surface area contributed by atoms with Crippen molar-refractivity contribution in [1.82, 2.24) is 15.3 Å². The maximum Gasteiger partial charge on any atom is 0.329 e.